The van der Waals surface area contributed by atoms with Crippen LogP contribution in [0, 0.1) is 0 Å². The van der Waals surface area contributed by atoms with Crippen LogP contribution < -0.4 is 0 Å². The van der Waals surface area contributed by atoms with Crippen LogP contribution in [0.1, 0.15) is 33.1 Å². The lowest BCUT2D eigenvalue weighted by Crippen LogP contribution is -2.28. The molecule has 1 heterocycles. The van der Waals surface area contributed by atoms with Crippen molar-refractivity contribution in [2.75, 3.05) is 6.61 Å². The highest BCUT2D eigenvalue weighted by molar-refractivity contribution is 5.66. The Hall–Kier alpha value is -0.830. The minimum absolute atomic E-state index is 0.189. The maximum Gasteiger partial charge on any atom is 0.303 e. The second-order valence-electron chi connectivity index (χ2n) is 3.55. The lowest BCUT2D eigenvalue weighted by atomic mass is 10.1. The van der Waals surface area contributed by atoms with E-state index in [1.54, 1.807) is 0 Å². The first-order valence-corrected chi connectivity index (χ1v) is 5.19. The van der Waals surface area contributed by atoms with Crippen LogP contribution in [0.4, 0.5) is 0 Å². The average molecular weight is 198 g/mol. The first-order chi connectivity index (χ1) is 6.72. The molecular formula is C11H18O3. The number of esters is 1. The summed E-state index contributed by atoms with van der Waals surface area (Å²) in [5.74, 6) is -0.254. The molecule has 2 atom stereocenters. The number of hydrogen-bond donors (Lipinski definition) is 0. The van der Waals surface area contributed by atoms with Gasteiger partial charge in [0, 0.05) is 6.92 Å². The van der Waals surface area contributed by atoms with Crippen LogP contribution in [0.25, 0.3) is 0 Å². The minimum Gasteiger partial charge on any atom is -0.456 e. The third-order valence-electron chi connectivity index (χ3n) is 2.17. The molecule has 0 bridgehead atoms. The van der Waals surface area contributed by atoms with E-state index in [4.69, 9.17) is 9.47 Å². The van der Waals surface area contributed by atoms with E-state index in [0.29, 0.717) is 6.61 Å². The Kier molecular flexibility index (Phi) is 4.66. The van der Waals surface area contributed by atoms with Crippen molar-refractivity contribution in [1.82, 2.24) is 0 Å². The number of carbonyl (C=O) groups excluding carboxylic acids is 1. The Balaban J connectivity index is 2.28. The smallest absolute Gasteiger partial charge is 0.303 e. The monoisotopic (exact) mass is 198 g/mol. The molecule has 1 aliphatic rings. The van der Waals surface area contributed by atoms with Crippen molar-refractivity contribution in [3.63, 3.8) is 0 Å². The van der Waals surface area contributed by atoms with Gasteiger partial charge in [-0.2, -0.15) is 0 Å². The zero-order valence-corrected chi connectivity index (χ0v) is 8.86. The van der Waals surface area contributed by atoms with E-state index in [-0.39, 0.29) is 18.2 Å². The minimum atomic E-state index is -0.254. The maximum atomic E-state index is 10.7. The van der Waals surface area contributed by atoms with E-state index in [2.05, 4.69) is 6.92 Å². The summed E-state index contributed by atoms with van der Waals surface area (Å²) in [4.78, 5) is 10.7. The SMILES string of the molecule is CCCC[C@H]1C=C[C@@H](OC(C)=O)CO1. The summed E-state index contributed by atoms with van der Waals surface area (Å²) < 4.78 is 10.5. The van der Waals surface area contributed by atoms with Crippen LogP contribution in [-0.4, -0.2) is 24.8 Å². The first-order valence-electron chi connectivity index (χ1n) is 5.19. The van der Waals surface area contributed by atoms with Crippen molar-refractivity contribution in [2.24, 2.45) is 0 Å². The molecule has 0 aromatic heterocycles. The molecule has 0 amide bonds. The summed E-state index contributed by atoms with van der Waals surface area (Å²) in [6, 6.07) is 0. The van der Waals surface area contributed by atoms with Crippen LogP contribution in [-0.2, 0) is 14.3 Å². The molecule has 0 N–H and O–H groups in total. The average Bonchev–Trinajstić information content (AvgIpc) is 2.16. The summed E-state index contributed by atoms with van der Waals surface area (Å²) in [6.45, 7) is 4.07. The summed E-state index contributed by atoms with van der Waals surface area (Å²) in [6.07, 6.45) is 7.35. The summed E-state index contributed by atoms with van der Waals surface area (Å²) >= 11 is 0. The second-order valence-corrected chi connectivity index (χ2v) is 3.55. The van der Waals surface area contributed by atoms with Crippen molar-refractivity contribution in [1.29, 1.82) is 0 Å². The van der Waals surface area contributed by atoms with Gasteiger partial charge >= 0.3 is 5.97 Å². The van der Waals surface area contributed by atoms with Gasteiger partial charge in [-0.3, -0.25) is 4.79 Å². The largest absolute Gasteiger partial charge is 0.456 e. The van der Waals surface area contributed by atoms with Gasteiger partial charge in [-0.15, -0.1) is 0 Å². The number of carbonyl (C=O) groups is 1. The fraction of sp³-hybridized carbons (Fsp3) is 0.727. The lowest BCUT2D eigenvalue weighted by molar-refractivity contribution is -0.148. The molecule has 0 spiro atoms. The Bertz CT molecular complexity index is 211. The Morgan fingerprint density at radius 3 is 2.86 bits per heavy atom. The Morgan fingerprint density at radius 2 is 2.36 bits per heavy atom. The molecule has 80 valence electrons. The second kappa shape index (κ2) is 5.81. The molecule has 14 heavy (non-hydrogen) atoms. The van der Waals surface area contributed by atoms with Crippen molar-refractivity contribution in [3.05, 3.63) is 12.2 Å². The number of ether oxygens (including phenoxy) is 2. The quantitative estimate of drug-likeness (QED) is 0.512. The van der Waals surface area contributed by atoms with Crippen LogP contribution in [0.2, 0.25) is 0 Å². The molecule has 0 unspecified atom stereocenters. The summed E-state index contributed by atoms with van der Waals surface area (Å²) in [7, 11) is 0. The standard InChI is InChI=1S/C11H18O3/c1-3-4-5-10-6-7-11(8-13-10)14-9(2)12/h6-7,10-11H,3-5,8H2,1-2H3/t10-,11+/m0/s1. The van der Waals surface area contributed by atoms with E-state index in [9.17, 15) is 4.79 Å². The normalized spacial score (nSPS) is 26.1. The predicted molar refractivity (Wildman–Crippen MR) is 54.0 cm³/mol. The van der Waals surface area contributed by atoms with Crippen molar-refractivity contribution in [2.45, 2.75) is 45.3 Å². The maximum absolute atomic E-state index is 10.7. The zero-order chi connectivity index (χ0) is 10.4. The molecule has 1 rings (SSSR count). The van der Waals surface area contributed by atoms with Crippen LogP contribution >= 0.6 is 0 Å². The molecule has 0 aromatic carbocycles. The summed E-state index contributed by atoms with van der Waals surface area (Å²) in [5.41, 5.74) is 0. The Morgan fingerprint density at radius 1 is 1.57 bits per heavy atom. The van der Waals surface area contributed by atoms with Gasteiger partial charge in [0.2, 0.25) is 0 Å². The number of rotatable bonds is 4. The zero-order valence-electron chi connectivity index (χ0n) is 8.86. The molecule has 3 nitrogen and oxygen atoms in total. The molecule has 0 fully saturated rings. The highest BCUT2D eigenvalue weighted by atomic mass is 16.6. The lowest BCUT2D eigenvalue weighted by Gasteiger charge is -2.23. The highest BCUT2D eigenvalue weighted by Crippen LogP contribution is 2.13. The molecule has 0 radical (unpaired) electrons. The molecule has 0 saturated heterocycles. The van der Waals surface area contributed by atoms with Gasteiger partial charge in [0.15, 0.2) is 0 Å². The van der Waals surface area contributed by atoms with Gasteiger partial charge < -0.3 is 9.47 Å². The van der Waals surface area contributed by atoms with E-state index >= 15 is 0 Å². The molecule has 1 aliphatic heterocycles. The third kappa shape index (κ3) is 3.92. The van der Waals surface area contributed by atoms with E-state index in [1.807, 2.05) is 12.2 Å². The molecule has 0 aromatic rings. The fourth-order valence-electron chi connectivity index (χ4n) is 1.45. The molecule has 0 saturated carbocycles. The number of unbranched alkanes of at least 4 members (excludes halogenated alkanes) is 1. The predicted octanol–water partition coefficient (Wildman–Crippen LogP) is 2.06. The van der Waals surface area contributed by atoms with Gasteiger partial charge in [-0.05, 0) is 12.5 Å². The van der Waals surface area contributed by atoms with Crippen LogP contribution in [0.5, 0.6) is 0 Å². The molecular weight excluding hydrogens is 180 g/mol. The molecule has 3 heteroatoms. The first kappa shape index (κ1) is 11.2. The summed E-state index contributed by atoms with van der Waals surface area (Å²) in [5, 5.41) is 0. The third-order valence-corrected chi connectivity index (χ3v) is 2.17. The number of hydrogen-bond acceptors (Lipinski definition) is 3. The van der Waals surface area contributed by atoms with Crippen LogP contribution in [0.3, 0.4) is 0 Å². The molecule has 0 aliphatic carbocycles. The van der Waals surface area contributed by atoms with Gasteiger partial charge in [-0.1, -0.05) is 25.8 Å². The van der Waals surface area contributed by atoms with E-state index in [0.717, 1.165) is 6.42 Å². The fourth-order valence-corrected chi connectivity index (χ4v) is 1.45. The van der Waals surface area contributed by atoms with Gasteiger partial charge in [0.25, 0.3) is 0 Å². The van der Waals surface area contributed by atoms with Gasteiger partial charge in [0.1, 0.15) is 6.10 Å². The highest BCUT2D eigenvalue weighted by Gasteiger charge is 2.17. The van der Waals surface area contributed by atoms with Crippen molar-refractivity contribution < 1.29 is 14.3 Å². The topological polar surface area (TPSA) is 35.5 Å². The Labute approximate surface area is 85.1 Å². The van der Waals surface area contributed by atoms with Crippen LogP contribution in [0.15, 0.2) is 12.2 Å². The van der Waals surface area contributed by atoms with Crippen molar-refractivity contribution >= 4 is 5.97 Å². The van der Waals surface area contributed by atoms with Gasteiger partial charge in [-0.25, -0.2) is 0 Å². The van der Waals surface area contributed by atoms with Crippen molar-refractivity contribution in [3.8, 4) is 0 Å². The van der Waals surface area contributed by atoms with E-state index < -0.39 is 0 Å². The van der Waals surface area contributed by atoms with Gasteiger partial charge in [0.05, 0.1) is 12.7 Å². The van der Waals surface area contributed by atoms with E-state index in [1.165, 1.54) is 19.8 Å².